The zero-order valence-corrected chi connectivity index (χ0v) is 11.2. The van der Waals surface area contributed by atoms with E-state index in [2.05, 4.69) is 12.7 Å². The molecule has 0 fully saturated rings. The molecule has 0 aliphatic rings. The molecule has 0 N–H and O–H groups in total. The van der Waals surface area contributed by atoms with Crippen LogP contribution in [0.15, 0.2) is 17.4 Å². The lowest BCUT2D eigenvalue weighted by Crippen LogP contribution is -2.24. The first kappa shape index (κ1) is 15.0. The van der Waals surface area contributed by atoms with Gasteiger partial charge in [-0.1, -0.05) is 13.3 Å². The maximum Gasteiger partial charge on any atom is 0.315 e. The summed E-state index contributed by atoms with van der Waals surface area (Å²) in [6.07, 6.45) is 5.22. The van der Waals surface area contributed by atoms with Crippen molar-refractivity contribution in [2.45, 2.75) is 53.9 Å². The number of unbranched alkanes of at least 4 members (excludes halogenated alkanes) is 1. The summed E-state index contributed by atoms with van der Waals surface area (Å²) in [4.78, 5) is 11.6. The Morgan fingerprint density at radius 2 is 2.00 bits per heavy atom. The Morgan fingerprint density at radius 3 is 2.50 bits per heavy atom. The molecule has 0 aliphatic heterocycles. The summed E-state index contributed by atoms with van der Waals surface area (Å²) in [5.41, 5.74) is 3.80. The topological polar surface area (TPSA) is 26.3 Å². The lowest BCUT2D eigenvalue weighted by molar-refractivity contribution is -0.150. The van der Waals surface area contributed by atoms with Crippen LogP contribution in [0.2, 0.25) is 0 Å². The SMILES string of the molecule is CCCCC(C)=C=CC(C)(C)C(=O)OCC. The summed E-state index contributed by atoms with van der Waals surface area (Å²) >= 11 is 0. The van der Waals surface area contributed by atoms with Gasteiger partial charge >= 0.3 is 5.97 Å². The van der Waals surface area contributed by atoms with Crippen molar-refractivity contribution in [2.24, 2.45) is 5.41 Å². The van der Waals surface area contributed by atoms with Gasteiger partial charge in [0, 0.05) is 0 Å². The minimum Gasteiger partial charge on any atom is -0.465 e. The van der Waals surface area contributed by atoms with Crippen molar-refractivity contribution in [3.05, 3.63) is 17.4 Å². The summed E-state index contributed by atoms with van der Waals surface area (Å²) < 4.78 is 5.00. The fourth-order valence-electron chi connectivity index (χ4n) is 1.19. The molecule has 0 radical (unpaired) electrons. The Bertz CT molecular complexity index is 281. The number of esters is 1. The molecule has 0 aromatic carbocycles. The lowest BCUT2D eigenvalue weighted by Gasteiger charge is -2.16. The maximum atomic E-state index is 11.6. The first-order valence-electron chi connectivity index (χ1n) is 6.04. The van der Waals surface area contributed by atoms with Crippen LogP contribution in [-0.2, 0) is 9.53 Å². The fraction of sp³-hybridized carbons (Fsp3) is 0.714. The van der Waals surface area contributed by atoms with Crippen LogP contribution in [0.4, 0.5) is 0 Å². The van der Waals surface area contributed by atoms with Gasteiger partial charge < -0.3 is 4.74 Å². The molecule has 0 bridgehead atoms. The molecule has 0 saturated heterocycles. The van der Waals surface area contributed by atoms with Crippen molar-refractivity contribution in [1.29, 1.82) is 0 Å². The Hall–Kier alpha value is -1.01. The zero-order valence-electron chi connectivity index (χ0n) is 11.2. The molecule has 16 heavy (non-hydrogen) atoms. The van der Waals surface area contributed by atoms with E-state index in [1.54, 1.807) is 0 Å². The van der Waals surface area contributed by atoms with Gasteiger partial charge in [0.2, 0.25) is 0 Å². The van der Waals surface area contributed by atoms with Crippen LogP contribution in [0.5, 0.6) is 0 Å². The molecule has 0 spiro atoms. The minimum atomic E-state index is -0.580. The number of ether oxygens (including phenoxy) is 1. The fourth-order valence-corrected chi connectivity index (χ4v) is 1.19. The molecular formula is C14H24O2. The Kier molecular flexibility index (Phi) is 6.83. The second kappa shape index (κ2) is 7.29. The van der Waals surface area contributed by atoms with Crippen molar-refractivity contribution in [1.82, 2.24) is 0 Å². The first-order chi connectivity index (χ1) is 7.44. The summed E-state index contributed by atoms with van der Waals surface area (Å²) in [6, 6.07) is 0. The lowest BCUT2D eigenvalue weighted by atomic mass is 9.93. The van der Waals surface area contributed by atoms with E-state index >= 15 is 0 Å². The number of hydrogen-bond acceptors (Lipinski definition) is 2. The van der Waals surface area contributed by atoms with Crippen LogP contribution in [0.3, 0.4) is 0 Å². The number of hydrogen-bond donors (Lipinski definition) is 0. The monoisotopic (exact) mass is 224 g/mol. The predicted octanol–water partition coefficient (Wildman–Crippen LogP) is 3.87. The summed E-state index contributed by atoms with van der Waals surface area (Å²) in [6.45, 7) is 10.2. The highest BCUT2D eigenvalue weighted by molar-refractivity contribution is 5.78. The molecular weight excluding hydrogens is 200 g/mol. The largest absolute Gasteiger partial charge is 0.465 e. The number of carbonyl (C=O) groups is 1. The van der Waals surface area contributed by atoms with E-state index in [1.165, 1.54) is 18.4 Å². The Balaban J connectivity index is 4.54. The second-order valence-corrected chi connectivity index (χ2v) is 4.61. The van der Waals surface area contributed by atoms with Crippen molar-refractivity contribution in [3.8, 4) is 0 Å². The van der Waals surface area contributed by atoms with Gasteiger partial charge in [-0.25, -0.2) is 0 Å². The highest BCUT2D eigenvalue weighted by Crippen LogP contribution is 2.19. The molecule has 0 amide bonds. The molecule has 2 nitrogen and oxygen atoms in total. The van der Waals surface area contributed by atoms with Gasteiger partial charge in [-0.05, 0) is 52.2 Å². The quantitative estimate of drug-likeness (QED) is 0.505. The third-order valence-corrected chi connectivity index (χ3v) is 2.39. The van der Waals surface area contributed by atoms with E-state index < -0.39 is 5.41 Å². The average Bonchev–Trinajstić information content (AvgIpc) is 2.24. The van der Waals surface area contributed by atoms with Crippen molar-refractivity contribution in [3.63, 3.8) is 0 Å². The standard InChI is InChI=1S/C14H24O2/c1-6-8-9-12(3)10-11-14(4,5)13(15)16-7-2/h11H,6-9H2,1-5H3. The van der Waals surface area contributed by atoms with Gasteiger partial charge in [-0.2, -0.15) is 0 Å². The second-order valence-electron chi connectivity index (χ2n) is 4.61. The van der Waals surface area contributed by atoms with Gasteiger partial charge in [0.25, 0.3) is 0 Å². The summed E-state index contributed by atoms with van der Waals surface area (Å²) in [5, 5.41) is 0. The van der Waals surface area contributed by atoms with Gasteiger partial charge in [0.05, 0.1) is 12.0 Å². The number of carbonyl (C=O) groups excluding carboxylic acids is 1. The van der Waals surface area contributed by atoms with Crippen LogP contribution in [-0.4, -0.2) is 12.6 Å². The van der Waals surface area contributed by atoms with Crippen molar-refractivity contribution in [2.75, 3.05) is 6.61 Å². The molecule has 0 saturated carbocycles. The van der Waals surface area contributed by atoms with Crippen molar-refractivity contribution < 1.29 is 9.53 Å². The third kappa shape index (κ3) is 5.77. The Labute approximate surface area is 99.4 Å². The molecule has 0 unspecified atom stereocenters. The van der Waals surface area contributed by atoms with Crippen LogP contribution >= 0.6 is 0 Å². The third-order valence-electron chi connectivity index (χ3n) is 2.39. The maximum absolute atomic E-state index is 11.6. The normalized spacial score (nSPS) is 10.6. The number of rotatable bonds is 6. The van der Waals surface area contributed by atoms with Crippen molar-refractivity contribution >= 4 is 5.97 Å². The molecule has 0 rings (SSSR count). The summed E-state index contributed by atoms with van der Waals surface area (Å²) in [5.74, 6) is -0.189. The average molecular weight is 224 g/mol. The highest BCUT2D eigenvalue weighted by Gasteiger charge is 2.25. The van der Waals surface area contributed by atoms with Crippen LogP contribution in [0.1, 0.15) is 53.9 Å². The molecule has 2 heteroatoms. The molecule has 0 heterocycles. The molecule has 0 aromatic rings. The van der Waals surface area contributed by atoms with Gasteiger partial charge in [-0.15, -0.1) is 5.73 Å². The zero-order chi connectivity index (χ0) is 12.6. The van der Waals surface area contributed by atoms with E-state index in [1.807, 2.05) is 33.8 Å². The van der Waals surface area contributed by atoms with Crippen LogP contribution in [0.25, 0.3) is 0 Å². The van der Waals surface area contributed by atoms with E-state index in [0.29, 0.717) is 6.61 Å². The Morgan fingerprint density at radius 1 is 1.38 bits per heavy atom. The predicted molar refractivity (Wildman–Crippen MR) is 67.2 cm³/mol. The molecule has 0 atom stereocenters. The molecule has 92 valence electrons. The highest BCUT2D eigenvalue weighted by atomic mass is 16.5. The van der Waals surface area contributed by atoms with E-state index in [0.717, 1.165) is 6.42 Å². The molecule has 0 aromatic heterocycles. The molecule has 0 aliphatic carbocycles. The smallest absolute Gasteiger partial charge is 0.315 e. The minimum absolute atomic E-state index is 0.189. The van der Waals surface area contributed by atoms with E-state index in [9.17, 15) is 4.79 Å². The van der Waals surface area contributed by atoms with E-state index in [4.69, 9.17) is 4.74 Å². The van der Waals surface area contributed by atoms with Gasteiger partial charge in [0.1, 0.15) is 0 Å². The van der Waals surface area contributed by atoms with Crippen LogP contribution in [0, 0.1) is 5.41 Å². The first-order valence-corrected chi connectivity index (χ1v) is 6.04. The van der Waals surface area contributed by atoms with Crippen LogP contribution < -0.4 is 0 Å². The summed E-state index contributed by atoms with van der Waals surface area (Å²) in [7, 11) is 0. The van der Waals surface area contributed by atoms with Gasteiger partial charge in [-0.3, -0.25) is 4.79 Å². The van der Waals surface area contributed by atoms with Gasteiger partial charge in [0.15, 0.2) is 0 Å². The van der Waals surface area contributed by atoms with E-state index in [-0.39, 0.29) is 5.97 Å².